The first-order valence-electron chi connectivity index (χ1n) is 8.27. The van der Waals surface area contributed by atoms with Crippen LogP contribution in [0.2, 0.25) is 0 Å². The molecule has 0 spiro atoms. The first-order valence-corrected chi connectivity index (χ1v) is 9.76. The van der Waals surface area contributed by atoms with E-state index in [4.69, 9.17) is 18.9 Å². The Labute approximate surface area is 164 Å². The number of benzene rings is 2. The van der Waals surface area contributed by atoms with Gasteiger partial charge in [0.05, 0.1) is 26.9 Å². The van der Waals surface area contributed by atoms with E-state index in [0.29, 0.717) is 11.5 Å². The Morgan fingerprint density at radius 2 is 1.57 bits per heavy atom. The summed E-state index contributed by atoms with van der Waals surface area (Å²) in [6.07, 6.45) is 0. The van der Waals surface area contributed by atoms with Gasteiger partial charge in [0.15, 0.2) is 11.5 Å². The second kappa shape index (κ2) is 8.94. The van der Waals surface area contributed by atoms with Crippen molar-refractivity contribution in [3.8, 4) is 17.2 Å². The molecule has 0 atom stereocenters. The lowest BCUT2D eigenvalue weighted by molar-refractivity contribution is 0.0471. The Bertz CT molecular complexity index is 970. The topological polar surface area (TPSA) is 100 Å². The van der Waals surface area contributed by atoms with Crippen LogP contribution < -0.4 is 18.9 Å². The predicted molar refractivity (Wildman–Crippen MR) is 103 cm³/mol. The number of hydrogen-bond acceptors (Lipinski definition) is 7. The van der Waals surface area contributed by atoms with Gasteiger partial charge in [-0.25, -0.2) is 17.9 Å². The summed E-state index contributed by atoms with van der Waals surface area (Å²) in [5.41, 5.74) is 1.69. The molecule has 0 saturated heterocycles. The standard InChI is InChI=1S/C19H23NO7S/c1-12-8-16(25-4)17(26-5)9-14(12)11-27-19(21)13-6-7-15(24-3)18(10-13)28(22,23)20-2/h6-10,20H,11H2,1-5H3. The molecule has 0 aliphatic rings. The van der Waals surface area contributed by atoms with Crippen molar-refractivity contribution in [2.24, 2.45) is 0 Å². The number of hydrogen-bond donors (Lipinski definition) is 1. The molecule has 0 fully saturated rings. The third kappa shape index (κ3) is 4.55. The summed E-state index contributed by atoms with van der Waals surface area (Å²) >= 11 is 0. The minimum atomic E-state index is -3.80. The quantitative estimate of drug-likeness (QED) is 0.668. The van der Waals surface area contributed by atoms with Crippen LogP contribution in [0.25, 0.3) is 0 Å². The van der Waals surface area contributed by atoms with E-state index in [1.807, 2.05) is 6.92 Å². The van der Waals surface area contributed by atoms with E-state index >= 15 is 0 Å². The zero-order chi connectivity index (χ0) is 20.9. The lowest BCUT2D eigenvalue weighted by atomic mass is 10.1. The summed E-state index contributed by atoms with van der Waals surface area (Å²) in [5, 5.41) is 0. The molecule has 2 aromatic carbocycles. The third-order valence-corrected chi connectivity index (χ3v) is 5.59. The van der Waals surface area contributed by atoms with Crippen molar-refractivity contribution in [2.75, 3.05) is 28.4 Å². The molecule has 0 saturated carbocycles. The molecule has 152 valence electrons. The number of esters is 1. The van der Waals surface area contributed by atoms with Crippen LogP contribution in [-0.2, 0) is 21.4 Å². The molecule has 2 aromatic rings. The van der Waals surface area contributed by atoms with Crippen molar-refractivity contribution in [3.63, 3.8) is 0 Å². The molecular formula is C19H23NO7S. The summed E-state index contributed by atoms with van der Waals surface area (Å²) in [6, 6.07) is 7.58. The van der Waals surface area contributed by atoms with Gasteiger partial charge in [0.2, 0.25) is 10.0 Å². The van der Waals surface area contributed by atoms with E-state index in [-0.39, 0.29) is 22.8 Å². The molecule has 0 heterocycles. The molecule has 2 rings (SSSR count). The Kier molecular flexibility index (Phi) is 6.87. The van der Waals surface area contributed by atoms with Gasteiger partial charge in [-0.05, 0) is 55.4 Å². The second-order valence-corrected chi connectivity index (χ2v) is 7.64. The SMILES string of the molecule is CNS(=O)(=O)c1cc(C(=O)OCc2cc(OC)c(OC)cc2C)ccc1OC. The number of sulfonamides is 1. The first-order chi connectivity index (χ1) is 13.3. The molecule has 0 unspecified atom stereocenters. The number of carbonyl (C=O) groups is 1. The lowest BCUT2D eigenvalue weighted by Crippen LogP contribution is -2.20. The van der Waals surface area contributed by atoms with Crippen LogP contribution in [0.15, 0.2) is 35.2 Å². The van der Waals surface area contributed by atoms with E-state index in [2.05, 4.69) is 4.72 Å². The summed E-state index contributed by atoms with van der Waals surface area (Å²) in [5.74, 6) is 0.559. The van der Waals surface area contributed by atoms with E-state index in [9.17, 15) is 13.2 Å². The number of nitrogens with one attached hydrogen (secondary N) is 1. The van der Waals surface area contributed by atoms with E-state index in [0.717, 1.165) is 11.1 Å². The highest BCUT2D eigenvalue weighted by atomic mass is 32.2. The number of rotatable bonds is 8. The number of methoxy groups -OCH3 is 3. The highest BCUT2D eigenvalue weighted by Gasteiger charge is 2.21. The average Bonchev–Trinajstić information content (AvgIpc) is 2.71. The molecule has 9 heteroatoms. The molecule has 28 heavy (non-hydrogen) atoms. The molecule has 8 nitrogen and oxygen atoms in total. The first kappa shape index (κ1) is 21.5. The van der Waals surface area contributed by atoms with Crippen LogP contribution in [-0.4, -0.2) is 42.8 Å². The van der Waals surface area contributed by atoms with Crippen molar-refractivity contribution in [2.45, 2.75) is 18.4 Å². The van der Waals surface area contributed by atoms with E-state index < -0.39 is 16.0 Å². The van der Waals surface area contributed by atoms with Gasteiger partial charge in [-0.1, -0.05) is 0 Å². The lowest BCUT2D eigenvalue weighted by Gasteiger charge is -2.14. The predicted octanol–water partition coefficient (Wildman–Crippen LogP) is 2.29. The zero-order valence-corrected chi connectivity index (χ0v) is 17.2. The Balaban J connectivity index is 2.26. The summed E-state index contributed by atoms with van der Waals surface area (Å²) < 4.78 is 47.4. The van der Waals surface area contributed by atoms with Gasteiger partial charge >= 0.3 is 5.97 Å². The van der Waals surface area contributed by atoms with Gasteiger partial charge in [0, 0.05) is 0 Å². The van der Waals surface area contributed by atoms with Gasteiger partial charge in [-0.15, -0.1) is 0 Å². The minimum Gasteiger partial charge on any atom is -0.495 e. The van der Waals surface area contributed by atoms with Crippen molar-refractivity contribution in [1.29, 1.82) is 0 Å². The van der Waals surface area contributed by atoms with Crippen LogP contribution in [0.3, 0.4) is 0 Å². The smallest absolute Gasteiger partial charge is 0.338 e. The molecule has 0 aliphatic carbocycles. The number of ether oxygens (including phenoxy) is 4. The highest BCUT2D eigenvalue weighted by molar-refractivity contribution is 7.89. The van der Waals surface area contributed by atoms with Crippen molar-refractivity contribution in [3.05, 3.63) is 47.0 Å². The fourth-order valence-electron chi connectivity index (χ4n) is 2.53. The van der Waals surface area contributed by atoms with Crippen LogP contribution in [0.1, 0.15) is 21.5 Å². The molecule has 0 aromatic heterocycles. The van der Waals surface area contributed by atoms with E-state index in [1.54, 1.807) is 12.1 Å². The fourth-order valence-corrected chi connectivity index (χ4v) is 3.45. The molecule has 0 amide bonds. The summed E-state index contributed by atoms with van der Waals surface area (Å²) in [7, 11) is 1.88. The van der Waals surface area contributed by atoms with Gasteiger partial charge < -0.3 is 18.9 Å². The Morgan fingerprint density at radius 3 is 2.14 bits per heavy atom. The van der Waals surface area contributed by atoms with Gasteiger partial charge in [-0.3, -0.25) is 0 Å². The van der Waals surface area contributed by atoms with Gasteiger partial charge in [-0.2, -0.15) is 0 Å². The highest BCUT2D eigenvalue weighted by Crippen LogP contribution is 2.31. The fraction of sp³-hybridized carbons (Fsp3) is 0.316. The maximum Gasteiger partial charge on any atom is 0.338 e. The van der Waals surface area contributed by atoms with E-state index in [1.165, 1.54) is 46.6 Å². The van der Waals surface area contributed by atoms with Gasteiger partial charge in [0.25, 0.3) is 0 Å². The molecule has 0 radical (unpaired) electrons. The molecule has 0 aliphatic heterocycles. The minimum absolute atomic E-state index is 0.00877. The largest absolute Gasteiger partial charge is 0.495 e. The zero-order valence-electron chi connectivity index (χ0n) is 16.4. The summed E-state index contributed by atoms with van der Waals surface area (Å²) in [4.78, 5) is 12.3. The van der Waals surface area contributed by atoms with Crippen LogP contribution in [0, 0.1) is 6.92 Å². The number of carbonyl (C=O) groups excluding carboxylic acids is 1. The maximum atomic E-state index is 12.4. The van der Waals surface area contributed by atoms with Crippen LogP contribution in [0.5, 0.6) is 17.2 Å². The molecular weight excluding hydrogens is 386 g/mol. The Hall–Kier alpha value is -2.78. The van der Waals surface area contributed by atoms with Crippen molar-refractivity contribution < 1.29 is 32.2 Å². The van der Waals surface area contributed by atoms with Crippen molar-refractivity contribution in [1.82, 2.24) is 4.72 Å². The van der Waals surface area contributed by atoms with Crippen LogP contribution in [0.4, 0.5) is 0 Å². The third-order valence-electron chi connectivity index (χ3n) is 4.16. The Morgan fingerprint density at radius 1 is 0.964 bits per heavy atom. The summed E-state index contributed by atoms with van der Waals surface area (Å²) in [6.45, 7) is 1.85. The molecule has 1 N–H and O–H groups in total. The molecule has 0 bridgehead atoms. The average molecular weight is 409 g/mol. The normalized spacial score (nSPS) is 11.0. The second-order valence-electron chi connectivity index (χ2n) is 5.78. The maximum absolute atomic E-state index is 12.4. The number of aryl methyl sites for hydroxylation is 1. The van der Waals surface area contributed by atoms with Gasteiger partial charge in [0.1, 0.15) is 17.3 Å². The van der Waals surface area contributed by atoms with Crippen molar-refractivity contribution >= 4 is 16.0 Å². The monoisotopic (exact) mass is 409 g/mol. The van der Waals surface area contributed by atoms with Crippen LogP contribution >= 0.6 is 0 Å².